The van der Waals surface area contributed by atoms with Crippen LogP contribution < -0.4 is 0 Å². The fraction of sp³-hybridized carbons (Fsp3) is 0.167. The average Bonchev–Trinajstić information content (AvgIpc) is 3.52. The van der Waals surface area contributed by atoms with E-state index < -0.39 is 0 Å². The highest BCUT2D eigenvalue weighted by atomic mass is 35.5. The first kappa shape index (κ1) is 21.1. The fourth-order valence-corrected chi connectivity index (χ4v) is 6.05. The fourth-order valence-electron chi connectivity index (χ4n) is 3.78. The Bertz CT molecular complexity index is 1240. The molecule has 5 rings (SSSR count). The molecule has 1 amide bonds. The van der Waals surface area contributed by atoms with Gasteiger partial charge in [0.15, 0.2) is 0 Å². The van der Waals surface area contributed by atoms with E-state index in [9.17, 15) is 9.90 Å². The number of thiophene rings is 1. The van der Waals surface area contributed by atoms with Gasteiger partial charge in [-0.3, -0.25) is 4.79 Å². The molecule has 0 saturated carbocycles. The summed E-state index contributed by atoms with van der Waals surface area (Å²) in [5.41, 5.74) is 3.91. The summed E-state index contributed by atoms with van der Waals surface area (Å²) < 4.78 is 2.58. The van der Waals surface area contributed by atoms with Crippen LogP contribution in [0.4, 0.5) is 0 Å². The monoisotopic (exact) mass is 481 g/mol. The molecule has 1 saturated heterocycles. The van der Waals surface area contributed by atoms with Crippen LogP contribution in [0.25, 0.3) is 16.3 Å². The van der Waals surface area contributed by atoms with Crippen molar-refractivity contribution in [1.29, 1.82) is 0 Å². The molecule has 8 heteroatoms. The first-order valence-electron chi connectivity index (χ1n) is 10.2. The minimum atomic E-state index is -0.118. The second kappa shape index (κ2) is 9.02. The van der Waals surface area contributed by atoms with Crippen molar-refractivity contribution in [2.45, 2.75) is 11.8 Å². The summed E-state index contributed by atoms with van der Waals surface area (Å²) >= 11 is 9.34. The van der Waals surface area contributed by atoms with Gasteiger partial charge in [-0.1, -0.05) is 41.9 Å². The molecule has 32 heavy (non-hydrogen) atoms. The number of hydrogen-bond donors (Lipinski definition) is 1. The standard InChI is InChI=1S/C24H20ClN3O2S2/c25-21-11-10-20(32-21)23-19(14-28(26-23)17-4-2-1-3-5-17)24-27(22(30)15-31-24)13-12-16-6-8-18(29)9-7-16/h1-11,14,24,29H,12-13,15H2. The van der Waals surface area contributed by atoms with Crippen LogP contribution >= 0.6 is 34.7 Å². The van der Waals surface area contributed by atoms with Crippen LogP contribution in [-0.4, -0.2) is 38.0 Å². The summed E-state index contributed by atoms with van der Waals surface area (Å²) in [4.78, 5) is 15.7. The molecule has 0 radical (unpaired) electrons. The summed E-state index contributed by atoms with van der Waals surface area (Å²) in [6, 6.07) is 21.0. The van der Waals surface area contributed by atoms with Crippen molar-refractivity contribution >= 4 is 40.6 Å². The Morgan fingerprint density at radius 2 is 1.84 bits per heavy atom. The van der Waals surface area contributed by atoms with Crippen LogP contribution in [0.3, 0.4) is 0 Å². The largest absolute Gasteiger partial charge is 0.508 e. The molecule has 0 spiro atoms. The molecule has 1 aliphatic rings. The number of halogens is 1. The van der Waals surface area contributed by atoms with Gasteiger partial charge in [0, 0.05) is 18.3 Å². The summed E-state index contributed by atoms with van der Waals surface area (Å²) in [5, 5.41) is 14.3. The Morgan fingerprint density at radius 1 is 1.06 bits per heavy atom. The van der Waals surface area contributed by atoms with Crippen molar-refractivity contribution < 1.29 is 9.90 Å². The molecule has 0 aliphatic carbocycles. The molecule has 162 valence electrons. The van der Waals surface area contributed by atoms with Crippen LogP contribution in [0.15, 0.2) is 72.9 Å². The molecule has 2 aromatic carbocycles. The number of para-hydroxylation sites is 1. The molecule has 1 aliphatic heterocycles. The number of phenols is 1. The van der Waals surface area contributed by atoms with Gasteiger partial charge in [0.25, 0.3) is 0 Å². The molecule has 3 heterocycles. The van der Waals surface area contributed by atoms with Gasteiger partial charge in [0.2, 0.25) is 5.91 Å². The van der Waals surface area contributed by atoms with Crippen LogP contribution in [0, 0.1) is 0 Å². The SMILES string of the molecule is O=C1CSC(c2cn(-c3ccccc3)nc2-c2ccc(Cl)s2)N1CCc1ccc(O)cc1. The maximum Gasteiger partial charge on any atom is 0.233 e. The highest BCUT2D eigenvalue weighted by Gasteiger charge is 2.35. The number of nitrogens with zero attached hydrogens (tertiary/aromatic N) is 3. The number of thioether (sulfide) groups is 1. The zero-order valence-corrected chi connectivity index (χ0v) is 19.4. The van der Waals surface area contributed by atoms with E-state index >= 15 is 0 Å². The summed E-state index contributed by atoms with van der Waals surface area (Å²) in [6.07, 6.45) is 2.75. The third-order valence-corrected chi connectivity index (χ3v) is 7.86. The molecule has 4 aromatic rings. The smallest absolute Gasteiger partial charge is 0.233 e. The molecule has 1 fully saturated rings. The molecular weight excluding hydrogens is 462 g/mol. The number of carbonyl (C=O) groups excluding carboxylic acids is 1. The highest BCUT2D eigenvalue weighted by Crippen LogP contribution is 2.44. The Balaban J connectivity index is 1.49. The van der Waals surface area contributed by atoms with E-state index in [0.717, 1.165) is 33.8 Å². The predicted octanol–water partition coefficient (Wildman–Crippen LogP) is 5.78. The quantitative estimate of drug-likeness (QED) is 0.379. The van der Waals surface area contributed by atoms with Crippen LogP contribution in [0.1, 0.15) is 16.5 Å². The molecular formula is C24H20ClN3O2S2. The molecule has 1 N–H and O–H groups in total. The van der Waals surface area contributed by atoms with Gasteiger partial charge in [-0.05, 0) is 48.4 Å². The highest BCUT2D eigenvalue weighted by molar-refractivity contribution is 8.00. The third kappa shape index (κ3) is 4.28. The summed E-state index contributed by atoms with van der Waals surface area (Å²) in [5.74, 6) is 0.815. The van der Waals surface area contributed by atoms with Gasteiger partial charge < -0.3 is 10.0 Å². The summed E-state index contributed by atoms with van der Waals surface area (Å²) in [6.45, 7) is 0.600. The molecule has 1 unspecified atom stereocenters. The van der Waals surface area contributed by atoms with Crippen molar-refractivity contribution in [2.75, 3.05) is 12.3 Å². The Kier molecular flexibility index (Phi) is 5.95. The first-order valence-corrected chi connectivity index (χ1v) is 12.4. The van der Waals surface area contributed by atoms with Gasteiger partial charge in [0.1, 0.15) is 16.8 Å². The number of amides is 1. The number of aromatic nitrogens is 2. The lowest BCUT2D eigenvalue weighted by Crippen LogP contribution is -2.30. The van der Waals surface area contributed by atoms with Crippen molar-refractivity contribution in [2.24, 2.45) is 0 Å². The third-order valence-electron chi connectivity index (χ3n) is 5.38. The Hall–Kier alpha value is -2.74. The zero-order chi connectivity index (χ0) is 22.1. The lowest BCUT2D eigenvalue weighted by atomic mass is 10.1. The normalized spacial score (nSPS) is 16.1. The van der Waals surface area contributed by atoms with E-state index in [1.54, 1.807) is 23.9 Å². The minimum absolute atomic E-state index is 0.118. The summed E-state index contributed by atoms with van der Waals surface area (Å²) in [7, 11) is 0. The number of hydrogen-bond acceptors (Lipinski definition) is 5. The average molecular weight is 482 g/mol. The van der Waals surface area contributed by atoms with Gasteiger partial charge in [0.05, 0.1) is 20.7 Å². The van der Waals surface area contributed by atoms with Crippen molar-refractivity contribution in [1.82, 2.24) is 14.7 Å². The lowest BCUT2D eigenvalue weighted by Gasteiger charge is -2.24. The predicted molar refractivity (Wildman–Crippen MR) is 131 cm³/mol. The van der Waals surface area contributed by atoms with Crippen LogP contribution in [0.5, 0.6) is 5.75 Å². The van der Waals surface area contributed by atoms with E-state index in [1.165, 1.54) is 11.3 Å². The molecule has 1 atom stereocenters. The minimum Gasteiger partial charge on any atom is -0.508 e. The van der Waals surface area contributed by atoms with Gasteiger partial charge >= 0.3 is 0 Å². The second-order valence-corrected chi connectivity index (χ2v) is 10.3. The van der Waals surface area contributed by atoms with Crippen molar-refractivity contribution in [3.05, 3.63) is 88.4 Å². The van der Waals surface area contributed by atoms with Crippen molar-refractivity contribution in [3.8, 4) is 22.0 Å². The molecule has 5 nitrogen and oxygen atoms in total. The van der Waals surface area contributed by atoms with E-state index in [2.05, 4.69) is 0 Å². The number of phenolic OH excluding ortho intramolecular Hbond substituents is 1. The van der Waals surface area contributed by atoms with E-state index in [1.807, 2.05) is 70.4 Å². The van der Waals surface area contributed by atoms with E-state index in [4.69, 9.17) is 16.7 Å². The number of aromatic hydroxyl groups is 1. The number of rotatable bonds is 6. The van der Waals surface area contributed by atoms with Gasteiger partial charge in [-0.2, -0.15) is 5.10 Å². The van der Waals surface area contributed by atoms with Gasteiger partial charge in [-0.15, -0.1) is 23.1 Å². The first-order chi connectivity index (χ1) is 15.6. The topological polar surface area (TPSA) is 58.4 Å². The number of benzene rings is 2. The second-order valence-electron chi connectivity index (χ2n) is 7.48. The zero-order valence-electron chi connectivity index (χ0n) is 17.0. The van der Waals surface area contributed by atoms with Crippen LogP contribution in [0.2, 0.25) is 4.34 Å². The van der Waals surface area contributed by atoms with E-state index in [0.29, 0.717) is 16.6 Å². The van der Waals surface area contributed by atoms with Crippen LogP contribution in [-0.2, 0) is 11.2 Å². The van der Waals surface area contributed by atoms with E-state index in [-0.39, 0.29) is 17.0 Å². The molecule has 2 aromatic heterocycles. The Morgan fingerprint density at radius 3 is 2.56 bits per heavy atom. The maximum absolute atomic E-state index is 12.8. The van der Waals surface area contributed by atoms with Crippen molar-refractivity contribution in [3.63, 3.8) is 0 Å². The Labute approximate surface area is 199 Å². The number of carbonyl (C=O) groups is 1. The lowest BCUT2D eigenvalue weighted by molar-refractivity contribution is -0.128. The van der Waals surface area contributed by atoms with Gasteiger partial charge in [-0.25, -0.2) is 4.68 Å². The molecule has 0 bridgehead atoms. The maximum atomic E-state index is 12.8.